The third-order valence-corrected chi connectivity index (χ3v) is 3.23. The highest BCUT2D eigenvalue weighted by molar-refractivity contribution is 8.01. The fraction of sp³-hybridized carbons (Fsp3) is 0.375. The van der Waals surface area contributed by atoms with Crippen LogP contribution in [0.15, 0.2) is 21.5 Å². The molecular weight excluding hydrogens is 220 g/mol. The number of hydrogen-bond donors (Lipinski definition) is 0. The molecule has 0 aromatic carbocycles. The van der Waals surface area contributed by atoms with Crippen LogP contribution in [0.5, 0.6) is 0 Å². The zero-order valence-electron chi connectivity index (χ0n) is 7.89. The molecule has 1 rings (SSSR count). The molecule has 6 heteroatoms. The number of nitrogens with zero attached hydrogens (tertiary/aromatic N) is 2. The van der Waals surface area contributed by atoms with Crippen LogP contribution in [0, 0.1) is 0 Å². The number of methoxy groups -OCH3 is 1. The highest BCUT2D eigenvalue weighted by Gasteiger charge is 2.02. The standard InChI is InChI=1S/C8H10N2O2S2/c1-6(7(11)12-2)3-4-13-8-10-9-5-14-8/h3,5H,4H2,1-2H3. The van der Waals surface area contributed by atoms with Gasteiger partial charge in [-0.3, -0.25) is 0 Å². The molecule has 1 aromatic heterocycles. The monoisotopic (exact) mass is 230 g/mol. The van der Waals surface area contributed by atoms with E-state index in [4.69, 9.17) is 0 Å². The fourth-order valence-electron chi connectivity index (χ4n) is 0.708. The minimum atomic E-state index is -0.289. The van der Waals surface area contributed by atoms with E-state index in [-0.39, 0.29) is 5.97 Å². The van der Waals surface area contributed by atoms with Gasteiger partial charge >= 0.3 is 5.97 Å². The van der Waals surface area contributed by atoms with Crippen molar-refractivity contribution in [3.63, 3.8) is 0 Å². The van der Waals surface area contributed by atoms with E-state index in [1.165, 1.54) is 18.4 Å². The topological polar surface area (TPSA) is 52.1 Å². The van der Waals surface area contributed by atoms with Gasteiger partial charge < -0.3 is 4.74 Å². The molecule has 0 bridgehead atoms. The van der Waals surface area contributed by atoms with Crippen molar-refractivity contribution in [2.75, 3.05) is 12.9 Å². The van der Waals surface area contributed by atoms with Crippen molar-refractivity contribution in [3.8, 4) is 0 Å². The molecule has 4 nitrogen and oxygen atoms in total. The molecule has 0 saturated carbocycles. The summed E-state index contributed by atoms with van der Waals surface area (Å²) >= 11 is 3.03. The predicted octanol–water partition coefficient (Wildman–Crippen LogP) is 1.75. The number of rotatable bonds is 4. The molecule has 0 aliphatic heterocycles. The maximum Gasteiger partial charge on any atom is 0.333 e. The molecule has 0 aliphatic carbocycles. The molecule has 1 aromatic rings. The molecule has 76 valence electrons. The highest BCUT2D eigenvalue weighted by atomic mass is 32.2. The Labute approximate surface area is 90.4 Å². The summed E-state index contributed by atoms with van der Waals surface area (Å²) in [6, 6.07) is 0. The molecule has 0 saturated heterocycles. The van der Waals surface area contributed by atoms with Gasteiger partial charge in [0, 0.05) is 11.3 Å². The van der Waals surface area contributed by atoms with Gasteiger partial charge in [-0.2, -0.15) is 0 Å². The summed E-state index contributed by atoms with van der Waals surface area (Å²) in [6.07, 6.45) is 1.82. The van der Waals surface area contributed by atoms with E-state index in [2.05, 4.69) is 14.9 Å². The Balaban J connectivity index is 2.36. The summed E-state index contributed by atoms with van der Waals surface area (Å²) < 4.78 is 5.46. The molecule has 0 aliphatic rings. The number of aromatic nitrogens is 2. The molecule has 0 amide bonds. The normalized spacial score (nSPS) is 11.4. The zero-order valence-corrected chi connectivity index (χ0v) is 9.52. The zero-order chi connectivity index (χ0) is 10.4. The summed E-state index contributed by atoms with van der Waals surface area (Å²) in [5.41, 5.74) is 2.30. The maximum atomic E-state index is 11.0. The Morgan fingerprint density at radius 1 is 1.79 bits per heavy atom. The molecule has 0 radical (unpaired) electrons. The van der Waals surface area contributed by atoms with Crippen LogP contribution in [-0.2, 0) is 9.53 Å². The lowest BCUT2D eigenvalue weighted by Crippen LogP contribution is -2.01. The average Bonchev–Trinajstić information content (AvgIpc) is 2.69. The third-order valence-electron chi connectivity index (χ3n) is 1.44. The smallest absolute Gasteiger partial charge is 0.333 e. The fourth-order valence-corrected chi connectivity index (χ4v) is 2.17. The van der Waals surface area contributed by atoms with Crippen molar-refractivity contribution in [3.05, 3.63) is 17.2 Å². The second kappa shape index (κ2) is 5.77. The van der Waals surface area contributed by atoms with Gasteiger partial charge in [0.05, 0.1) is 7.11 Å². The Hall–Kier alpha value is -0.880. The van der Waals surface area contributed by atoms with Crippen molar-refractivity contribution in [1.82, 2.24) is 10.2 Å². The summed E-state index contributed by atoms with van der Waals surface area (Å²) in [7, 11) is 1.37. The molecule has 0 fully saturated rings. The Morgan fingerprint density at radius 3 is 3.14 bits per heavy atom. The van der Waals surface area contributed by atoms with E-state index in [0.717, 1.165) is 4.34 Å². The second-order valence-electron chi connectivity index (χ2n) is 2.39. The average molecular weight is 230 g/mol. The van der Waals surface area contributed by atoms with Crippen molar-refractivity contribution in [1.29, 1.82) is 0 Å². The van der Waals surface area contributed by atoms with Gasteiger partial charge in [0.25, 0.3) is 0 Å². The number of hydrogen-bond acceptors (Lipinski definition) is 6. The van der Waals surface area contributed by atoms with Gasteiger partial charge in [-0.1, -0.05) is 29.2 Å². The van der Waals surface area contributed by atoms with Gasteiger partial charge in [0.15, 0.2) is 4.34 Å². The molecule has 0 atom stereocenters. The lowest BCUT2D eigenvalue weighted by molar-refractivity contribution is -0.136. The van der Waals surface area contributed by atoms with E-state index in [9.17, 15) is 4.79 Å². The SMILES string of the molecule is COC(=O)C(C)=CCSc1nncs1. The minimum Gasteiger partial charge on any atom is -0.466 e. The summed E-state index contributed by atoms with van der Waals surface area (Å²) in [6.45, 7) is 1.73. The van der Waals surface area contributed by atoms with Crippen molar-refractivity contribution in [2.24, 2.45) is 0 Å². The quantitative estimate of drug-likeness (QED) is 0.448. The van der Waals surface area contributed by atoms with Crippen molar-refractivity contribution in [2.45, 2.75) is 11.3 Å². The van der Waals surface area contributed by atoms with E-state index < -0.39 is 0 Å². The number of carbonyl (C=O) groups is 1. The number of ether oxygens (including phenoxy) is 1. The first kappa shape index (κ1) is 11.2. The molecule has 14 heavy (non-hydrogen) atoms. The predicted molar refractivity (Wildman–Crippen MR) is 56.4 cm³/mol. The molecule has 0 spiro atoms. The van der Waals surface area contributed by atoms with Crippen molar-refractivity contribution < 1.29 is 9.53 Å². The number of thioether (sulfide) groups is 1. The third kappa shape index (κ3) is 3.47. The van der Waals surface area contributed by atoms with Crippen LogP contribution in [0.4, 0.5) is 0 Å². The van der Waals surface area contributed by atoms with Gasteiger partial charge in [0.2, 0.25) is 0 Å². The first-order valence-electron chi connectivity index (χ1n) is 3.88. The van der Waals surface area contributed by atoms with E-state index >= 15 is 0 Å². The minimum absolute atomic E-state index is 0.289. The van der Waals surface area contributed by atoms with E-state index in [1.807, 2.05) is 6.08 Å². The molecule has 0 unspecified atom stereocenters. The van der Waals surface area contributed by atoms with Crippen LogP contribution < -0.4 is 0 Å². The second-order valence-corrected chi connectivity index (χ2v) is 4.49. The Morgan fingerprint density at radius 2 is 2.57 bits per heavy atom. The summed E-state index contributed by atoms with van der Waals surface area (Å²) in [4.78, 5) is 11.0. The van der Waals surface area contributed by atoms with Crippen LogP contribution in [0.3, 0.4) is 0 Å². The van der Waals surface area contributed by atoms with Gasteiger partial charge in [-0.15, -0.1) is 10.2 Å². The molecular formula is C8H10N2O2S2. The lowest BCUT2D eigenvalue weighted by Gasteiger charge is -1.97. The van der Waals surface area contributed by atoms with E-state index in [1.54, 1.807) is 24.2 Å². The maximum absolute atomic E-state index is 11.0. The molecule has 0 N–H and O–H groups in total. The molecule has 1 heterocycles. The van der Waals surface area contributed by atoms with Crippen LogP contribution >= 0.6 is 23.1 Å². The lowest BCUT2D eigenvalue weighted by atomic mass is 10.3. The van der Waals surface area contributed by atoms with E-state index in [0.29, 0.717) is 11.3 Å². The summed E-state index contributed by atoms with van der Waals surface area (Å²) in [5.74, 6) is 0.415. The van der Waals surface area contributed by atoms with Crippen LogP contribution in [0.2, 0.25) is 0 Å². The first-order valence-corrected chi connectivity index (χ1v) is 5.74. The number of carbonyl (C=O) groups excluding carboxylic acids is 1. The summed E-state index contributed by atoms with van der Waals surface area (Å²) in [5, 5.41) is 7.57. The highest BCUT2D eigenvalue weighted by Crippen LogP contribution is 2.19. The van der Waals surface area contributed by atoms with Gasteiger partial charge in [0.1, 0.15) is 5.51 Å². The van der Waals surface area contributed by atoms with Crippen LogP contribution in [0.25, 0.3) is 0 Å². The largest absolute Gasteiger partial charge is 0.466 e. The van der Waals surface area contributed by atoms with Crippen LogP contribution in [0.1, 0.15) is 6.92 Å². The Bertz CT molecular complexity index is 322. The Kier molecular flexibility index (Phi) is 4.61. The van der Waals surface area contributed by atoms with Crippen LogP contribution in [-0.4, -0.2) is 29.0 Å². The van der Waals surface area contributed by atoms with Crippen molar-refractivity contribution >= 4 is 29.1 Å². The first-order chi connectivity index (χ1) is 6.74. The van der Waals surface area contributed by atoms with Gasteiger partial charge in [-0.05, 0) is 6.92 Å². The van der Waals surface area contributed by atoms with Gasteiger partial charge in [-0.25, -0.2) is 4.79 Å². The number of esters is 1.